The highest BCUT2D eigenvalue weighted by molar-refractivity contribution is 6.02. The predicted octanol–water partition coefficient (Wildman–Crippen LogP) is 4.09. The minimum atomic E-state index is -0.420. The summed E-state index contributed by atoms with van der Waals surface area (Å²) < 4.78 is 5.09. The Kier molecular flexibility index (Phi) is 4.67. The zero-order valence-corrected chi connectivity index (χ0v) is 15.2. The van der Waals surface area contributed by atoms with Gasteiger partial charge in [-0.3, -0.25) is 4.79 Å². The van der Waals surface area contributed by atoms with Crippen molar-refractivity contribution in [2.45, 2.75) is 26.2 Å². The largest absolute Gasteiger partial charge is 0.462 e. The van der Waals surface area contributed by atoms with E-state index in [1.54, 1.807) is 31.2 Å². The molecule has 2 N–H and O–H groups in total. The number of rotatable bonds is 4. The number of benzene rings is 2. The molecule has 0 saturated heterocycles. The Labute approximate surface area is 157 Å². The molecule has 1 atom stereocenters. The molecule has 0 aliphatic heterocycles. The normalized spacial score (nSPS) is 16.0. The topological polar surface area (TPSA) is 71.2 Å². The van der Waals surface area contributed by atoms with Crippen LogP contribution < -0.4 is 5.32 Å². The maximum absolute atomic E-state index is 12.9. The third kappa shape index (κ3) is 3.33. The van der Waals surface area contributed by atoms with E-state index in [1.165, 1.54) is 16.6 Å². The monoisotopic (exact) mass is 362 g/mol. The lowest BCUT2D eigenvalue weighted by Gasteiger charge is -2.22. The molecule has 1 heterocycles. The lowest BCUT2D eigenvalue weighted by atomic mass is 9.85. The molecule has 0 bridgehead atoms. The van der Waals surface area contributed by atoms with Crippen molar-refractivity contribution in [3.63, 3.8) is 0 Å². The Morgan fingerprint density at radius 2 is 1.93 bits per heavy atom. The molecule has 5 nitrogen and oxygen atoms in total. The molecule has 1 aromatic heterocycles. The first-order valence-corrected chi connectivity index (χ1v) is 9.33. The van der Waals surface area contributed by atoms with Gasteiger partial charge in [-0.1, -0.05) is 30.3 Å². The molecule has 27 heavy (non-hydrogen) atoms. The van der Waals surface area contributed by atoms with Crippen molar-refractivity contribution in [3.05, 3.63) is 65.4 Å². The molecule has 0 fully saturated rings. The molecule has 0 saturated carbocycles. The molecule has 0 spiro atoms. The summed E-state index contributed by atoms with van der Waals surface area (Å²) in [5, 5.41) is 4.13. The second-order valence-electron chi connectivity index (χ2n) is 6.82. The van der Waals surface area contributed by atoms with Crippen LogP contribution in [0.15, 0.2) is 48.5 Å². The quantitative estimate of drug-likeness (QED) is 0.687. The molecule has 138 valence electrons. The van der Waals surface area contributed by atoms with E-state index in [4.69, 9.17) is 4.74 Å². The molecule has 0 radical (unpaired) electrons. The molecule has 5 heteroatoms. The Bertz CT molecular complexity index is 1010. The maximum atomic E-state index is 12.9. The molecule has 4 rings (SSSR count). The van der Waals surface area contributed by atoms with Gasteiger partial charge in [0.25, 0.3) is 0 Å². The number of anilines is 1. The van der Waals surface area contributed by atoms with E-state index in [2.05, 4.69) is 22.4 Å². The lowest BCUT2D eigenvalue weighted by Crippen LogP contribution is -2.28. The van der Waals surface area contributed by atoms with E-state index < -0.39 is 5.97 Å². The van der Waals surface area contributed by atoms with Gasteiger partial charge in [0.05, 0.1) is 17.9 Å². The Morgan fingerprint density at radius 3 is 2.78 bits per heavy atom. The van der Waals surface area contributed by atoms with Crippen LogP contribution >= 0.6 is 0 Å². The number of fused-ring (bicyclic) bond motifs is 3. The van der Waals surface area contributed by atoms with Crippen molar-refractivity contribution in [1.29, 1.82) is 0 Å². The lowest BCUT2D eigenvalue weighted by molar-refractivity contribution is -0.120. The van der Waals surface area contributed by atoms with Crippen molar-refractivity contribution in [2.75, 3.05) is 11.9 Å². The SMILES string of the molecule is CCOC(=O)c1ccccc1NC(=O)C1CCc2[nH]c3ccccc3c2C1. The van der Waals surface area contributed by atoms with Gasteiger partial charge in [-0.15, -0.1) is 0 Å². The third-order valence-electron chi connectivity index (χ3n) is 5.15. The van der Waals surface area contributed by atoms with Crippen molar-refractivity contribution >= 4 is 28.5 Å². The van der Waals surface area contributed by atoms with E-state index >= 15 is 0 Å². The van der Waals surface area contributed by atoms with Crippen LogP contribution in [-0.2, 0) is 22.4 Å². The second-order valence-corrected chi connectivity index (χ2v) is 6.82. The van der Waals surface area contributed by atoms with Gasteiger partial charge in [-0.05, 0) is 49.9 Å². The van der Waals surface area contributed by atoms with Crippen LogP contribution in [0.25, 0.3) is 10.9 Å². The first-order valence-electron chi connectivity index (χ1n) is 9.33. The summed E-state index contributed by atoms with van der Waals surface area (Å²) >= 11 is 0. The van der Waals surface area contributed by atoms with Crippen molar-refractivity contribution in [2.24, 2.45) is 5.92 Å². The molecule has 1 aliphatic rings. The zero-order chi connectivity index (χ0) is 18.8. The number of H-pyrrole nitrogens is 1. The van der Waals surface area contributed by atoms with E-state index in [0.717, 1.165) is 18.4 Å². The van der Waals surface area contributed by atoms with Crippen molar-refractivity contribution < 1.29 is 14.3 Å². The molecule has 2 aromatic carbocycles. The number of para-hydroxylation sites is 2. The zero-order valence-electron chi connectivity index (χ0n) is 15.2. The first kappa shape index (κ1) is 17.3. The minimum Gasteiger partial charge on any atom is -0.462 e. The average Bonchev–Trinajstić information content (AvgIpc) is 3.06. The fraction of sp³-hybridized carbons (Fsp3) is 0.273. The summed E-state index contributed by atoms with van der Waals surface area (Å²) in [6.07, 6.45) is 2.33. The van der Waals surface area contributed by atoms with Crippen molar-refractivity contribution in [1.82, 2.24) is 4.98 Å². The highest BCUT2D eigenvalue weighted by atomic mass is 16.5. The van der Waals surface area contributed by atoms with Gasteiger partial charge in [0.2, 0.25) is 5.91 Å². The van der Waals surface area contributed by atoms with Gasteiger partial charge < -0.3 is 15.0 Å². The standard InChI is InChI=1S/C22H22N2O3/c1-2-27-22(26)16-8-4-6-10-19(16)24-21(25)14-11-12-20-17(13-14)15-7-3-5-9-18(15)23-20/h3-10,14,23H,2,11-13H2,1H3,(H,24,25). The smallest absolute Gasteiger partial charge is 0.340 e. The Balaban J connectivity index is 1.54. The molecule has 1 aliphatic carbocycles. The van der Waals surface area contributed by atoms with Crippen molar-refractivity contribution in [3.8, 4) is 0 Å². The number of nitrogens with one attached hydrogen (secondary N) is 2. The van der Waals surface area contributed by atoms with Crippen LogP contribution in [0.2, 0.25) is 0 Å². The average molecular weight is 362 g/mol. The molecular formula is C22H22N2O3. The van der Waals surface area contributed by atoms with Gasteiger partial charge in [0.15, 0.2) is 0 Å². The fourth-order valence-electron chi connectivity index (χ4n) is 3.81. The second kappa shape index (κ2) is 7.27. The summed E-state index contributed by atoms with van der Waals surface area (Å²) in [5.41, 5.74) is 4.47. The molecule has 1 unspecified atom stereocenters. The summed E-state index contributed by atoms with van der Waals surface area (Å²) in [5.74, 6) is -0.592. The Morgan fingerprint density at radius 1 is 1.15 bits per heavy atom. The highest BCUT2D eigenvalue weighted by Gasteiger charge is 2.28. The van der Waals surface area contributed by atoms with Crippen LogP contribution in [0, 0.1) is 5.92 Å². The van der Waals surface area contributed by atoms with Crippen LogP contribution in [0.3, 0.4) is 0 Å². The summed E-state index contributed by atoms with van der Waals surface area (Å²) in [6.45, 7) is 2.06. The number of carbonyl (C=O) groups excluding carboxylic acids is 2. The Hall–Kier alpha value is -3.08. The summed E-state index contributed by atoms with van der Waals surface area (Å²) in [7, 11) is 0. The van der Waals surface area contributed by atoms with E-state index in [0.29, 0.717) is 24.3 Å². The van der Waals surface area contributed by atoms with Crippen LogP contribution in [0.5, 0.6) is 0 Å². The fourth-order valence-corrected chi connectivity index (χ4v) is 3.81. The molecule has 3 aromatic rings. The van der Waals surface area contributed by atoms with Gasteiger partial charge >= 0.3 is 5.97 Å². The summed E-state index contributed by atoms with van der Waals surface area (Å²) in [4.78, 5) is 28.5. The minimum absolute atomic E-state index is 0.0531. The number of esters is 1. The number of carbonyl (C=O) groups is 2. The van der Waals surface area contributed by atoms with Crippen LogP contribution in [-0.4, -0.2) is 23.5 Å². The number of aryl methyl sites for hydroxylation is 1. The van der Waals surface area contributed by atoms with Gasteiger partial charge in [0.1, 0.15) is 0 Å². The number of ether oxygens (including phenoxy) is 1. The van der Waals surface area contributed by atoms with E-state index in [9.17, 15) is 9.59 Å². The third-order valence-corrected chi connectivity index (χ3v) is 5.15. The maximum Gasteiger partial charge on any atom is 0.340 e. The van der Waals surface area contributed by atoms with Crippen LogP contribution in [0.4, 0.5) is 5.69 Å². The van der Waals surface area contributed by atoms with Crippen LogP contribution in [0.1, 0.15) is 35.0 Å². The molecular weight excluding hydrogens is 340 g/mol. The number of amides is 1. The number of aromatic nitrogens is 1. The molecule has 1 amide bonds. The van der Waals surface area contributed by atoms with E-state index in [1.807, 2.05) is 12.1 Å². The highest BCUT2D eigenvalue weighted by Crippen LogP contribution is 2.32. The number of hydrogen-bond donors (Lipinski definition) is 2. The number of hydrogen-bond acceptors (Lipinski definition) is 3. The predicted molar refractivity (Wildman–Crippen MR) is 105 cm³/mol. The summed E-state index contributed by atoms with van der Waals surface area (Å²) in [6, 6.07) is 15.2. The van der Waals surface area contributed by atoms with Gasteiger partial charge in [-0.2, -0.15) is 0 Å². The number of aromatic amines is 1. The van der Waals surface area contributed by atoms with Gasteiger partial charge in [0, 0.05) is 22.5 Å². The van der Waals surface area contributed by atoms with E-state index in [-0.39, 0.29) is 11.8 Å². The first-order chi connectivity index (χ1) is 13.2. The van der Waals surface area contributed by atoms with Gasteiger partial charge in [-0.25, -0.2) is 4.79 Å².